The van der Waals surface area contributed by atoms with E-state index in [4.69, 9.17) is 9.88 Å². The fourth-order valence-electron chi connectivity index (χ4n) is 4.55. The summed E-state index contributed by atoms with van der Waals surface area (Å²) in [6.45, 7) is 0.960. The van der Waals surface area contributed by atoms with E-state index in [1.807, 2.05) is 0 Å². The molecular formula is C23H29N5O7S. The molecule has 2 fully saturated rings. The van der Waals surface area contributed by atoms with Crippen LogP contribution in [0.15, 0.2) is 24.8 Å². The molecule has 3 atom stereocenters. The number of aliphatic hydroxyl groups excluding tert-OH is 1. The third kappa shape index (κ3) is 6.94. The smallest absolute Gasteiger partial charge is 0.333 e. The molecule has 0 amide bonds. The van der Waals surface area contributed by atoms with Crippen LogP contribution in [0, 0.1) is 23.7 Å². The zero-order valence-corrected chi connectivity index (χ0v) is 20.4. The molecule has 3 heterocycles. The first-order valence-electron chi connectivity index (χ1n) is 11.6. The Kier molecular flexibility index (Phi) is 8.13. The van der Waals surface area contributed by atoms with Gasteiger partial charge in [-0.25, -0.2) is 15.1 Å². The molecule has 1 saturated heterocycles. The van der Waals surface area contributed by atoms with Crippen molar-refractivity contribution in [2.45, 2.75) is 50.4 Å². The number of nitrogens with two attached hydrogens (primary N) is 1. The molecule has 0 spiro atoms. The van der Waals surface area contributed by atoms with Crippen LogP contribution < -0.4 is 5.14 Å². The lowest BCUT2D eigenvalue weighted by molar-refractivity contribution is -0.0262. The van der Waals surface area contributed by atoms with Crippen LogP contribution in [0.4, 0.5) is 0 Å². The SMILES string of the molecule is NS(=O)(=O)OC[C@H]1C[C@@H](Cc2ncncc2C(=O)c2ccn(CC#CC3(O)CCOCC3)n2)C[C@@H]1O. The van der Waals surface area contributed by atoms with Crippen molar-refractivity contribution in [3.05, 3.63) is 41.7 Å². The first kappa shape index (κ1) is 26.3. The first-order valence-corrected chi connectivity index (χ1v) is 13.1. The second kappa shape index (κ2) is 11.1. The highest BCUT2D eigenvalue weighted by molar-refractivity contribution is 7.84. The number of hydrogen-bond donors (Lipinski definition) is 3. The van der Waals surface area contributed by atoms with E-state index < -0.39 is 22.0 Å². The molecule has 1 saturated carbocycles. The van der Waals surface area contributed by atoms with Gasteiger partial charge in [0, 0.05) is 31.2 Å². The van der Waals surface area contributed by atoms with Crippen LogP contribution in [-0.4, -0.2) is 75.7 Å². The van der Waals surface area contributed by atoms with Crippen molar-refractivity contribution in [3.63, 3.8) is 0 Å². The second-order valence-electron chi connectivity index (χ2n) is 9.20. The summed E-state index contributed by atoms with van der Waals surface area (Å²) in [5.74, 6) is 5.05. The summed E-state index contributed by atoms with van der Waals surface area (Å²) in [4.78, 5) is 21.4. The second-order valence-corrected chi connectivity index (χ2v) is 10.4. The third-order valence-corrected chi connectivity index (χ3v) is 6.94. The number of ketones is 1. The zero-order chi connectivity index (χ0) is 25.8. The molecule has 0 aromatic carbocycles. The molecule has 0 bridgehead atoms. The maximum absolute atomic E-state index is 13.2. The summed E-state index contributed by atoms with van der Waals surface area (Å²) >= 11 is 0. The number of rotatable bonds is 8. The Bertz CT molecular complexity index is 1250. The number of aromatic nitrogens is 4. The van der Waals surface area contributed by atoms with E-state index in [0.717, 1.165) is 0 Å². The van der Waals surface area contributed by atoms with Crippen LogP contribution in [0.25, 0.3) is 0 Å². The number of hydrogen-bond acceptors (Lipinski definition) is 10. The van der Waals surface area contributed by atoms with Crippen molar-refractivity contribution in [1.82, 2.24) is 19.7 Å². The maximum Gasteiger partial charge on any atom is 0.333 e. The summed E-state index contributed by atoms with van der Waals surface area (Å²) in [6, 6.07) is 1.59. The van der Waals surface area contributed by atoms with Crippen molar-refractivity contribution in [3.8, 4) is 11.8 Å². The van der Waals surface area contributed by atoms with E-state index in [-0.39, 0.29) is 36.5 Å². The molecule has 1 aliphatic carbocycles. The highest BCUT2D eigenvalue weighted by atomic mass is 32.2. The Morgan fingerprint density at radius 2 is 2.11 bits per heavy atom. The van der Waals surface area contributed by atoms with E-state index in [1.54, 1.807) is 12.3 Å². The minimum atomic E-state index is -4.08. The van der Waals surface area contributed by atoms with Crippen molar-refractivity contribution in [2.24, 2.45) is 17.0 Å². The minimum Gasteiger partial charge on any atom is -0.393 e. The monoisotopic (exact) mass is 519 g/mol. The predicted octanol–water partition coefficient (Wildman–Crippen LogP) is -0.401. The molecule has 4 N–H and O–H groups in total. The topological polar surface area (TPSA) is 180 Å². The van der Waals surface area contributed by atoms with E-state index in [1.165, 1.54) is 17.2 Å². The number of carbonyl (C=O) groups is 1. The largest absolute Gasteiger partial charge is 0.393 e. The molecule has 0 unspecified atom stereocenters. The number of carbonyl (C=O) groups excluding carboxylic acids is 1. The molecule has 0 radical (unpaired) electrons. The Morgan fingerprint density at radius 1 is 1.33 bits per heavy atom. The Labute approximate surface area is 209 Å². The van der Waals surface area contributed by atoms with E-state index in [2.05, 4.69) is 31.1 Å². The van der Waals surface area contributed by atoms with Crippen LogP contribution >= 0.6 is 0 Å². The molecule has 1 aliphatic heterocycles. The summed E-state index contributed by atoms with van der Waals surface area (Å²) in [7, 11) is -4.08. The van der Waals surface area contributed by atoms with Crippen molar-refractivity contribution in [1.29, 1.82) is 0 Å². The van der Waals surface area contributed by atoms with E-state index in [9.17, 15) is 23.4 Å². The van der Waals surface area contributed by atoms with Gasteiger partial charge in [0.15, 0.2) is 0 Å². The van der Waals surface area contributed by atoms with Crippen molar-refractivity contribution in [2.75, 3.05) is 19.8 Å². The van der Waals surface area contributed by atoms with Gasteiger partial charge in [-0.15, -0.1) is 0 Å². The number of nitrogens with zero attached hydrogens (tertiary/aromatic N) is 4. The highest BCUT2D eigenvalue weighted by Crippen LogP contribution is 2.34. The van der Waals surface area contributed by atoms with Crippen molar-refractivity contribution < 1.29 is 32.3 Å². The molecule has 4 rings (SSSR count). The van der Waals surface area contributed by atoms with Gasteiger partial charge in [0.1, 0.15) is 24.2 Å². The van der Waals surface area contributed by atoms with Gasteiger partial charge in [0.25, 0.3) is 0 Å². The molecule has 194 valence electrons. The molecule has 2 aromatic rings. The van der Waals surface area contributed by atoms with Crippen LogP contribution in [0.2, 0.25) is 0 Å². The van der Waals surface area contributed by atoms with Crippen LogP contribution in [0.3, 0.4) is 0 Å². The Morgan fingerprint density at radius 3 is 2.86 bits per heavy atom. The summed E-state index contributed by atoms with van der Waals surface area (Å²) < 4.78 is 33.5. The van der Waals surface area contributed by atoms with Gasteiger partial charge in [-0.3, -0.25) is 13.7 Å². The zero-order valence-electron chi connectivity index (χ0n) is 19.6. The summed E-state index contributed by atoms with van der Waals surface area (Å²) in [6.07, 6.45) is 5.93. The average Bonchev–Trinajstić information content (AvgIpc) is 3.44. The number of aliphatic hydroxyl groups is 2. The minimum absolute atomic E-state index is 0.0284. The van der Waals surface area contributed by atoms with Gasteiger partial charge >= 0.3 is 10.3 Å². The molecular weight excluding hydrogens is 490 g/mol. The van der Waals surface area contributed by atoms with Gasteiger partial charge in [-0.1, -0.05) is 11.8 Å². The third-order valence-electron chi connectivity index (χ3n) is 6.48. The lowest BCUT2D eigenvalue weighted by Crippen LogP contribution is -2.34. The van der Waals surface area contributed by atoms with Gasteiger partial charge < -0.3 is 14.9 Å². The van der Waals surface area contributed by atoms with E-state index in [0.29, 0.717) is 56.6 Å². The standard InChI is InChI=1S/C23H29N5O7S/c24-36(32,33)35-14-17-10-16(12-21(17)29)11-20-18(13-25-15-26-20)22(30)19-2-7-28(27-19)6-1-3-23(31)4-8-34-9-5-23/h2,7,13,15-17,21,29,31H,4-6,8-12,14H2,(H2,24,32,33)/t16-,17+,21-/m0/s1. The number of ether oxygens (including phenoxy) is 1. The lowest BCUT2D eigenvalue weighted by atomic mass is 9.95. The first-order chi connectivity index (χ1) is 17.1. The van der Waals surface area contributed by atoms with Gasteiger partial charge in [0.05, 0.1) is 37.2 Å². The maximum atomic E-state index is 13.2. The predicted molar refractivity (Wildman–Crippen MR) is 125 cm³/mol. The summed E-state index contributed by atoms with van der Waals surface area (Å²) in [5, 5.41) is 29.9. The van der Waals surface area contributed by atoms with Crippen LogP contribution in [0.5, 0.6) is 0 Å². The molecule has 2 aliphatic rings. The summed E-state index contributed by atoms with van der Waals surface area (Å²) in [5.41, 5.74) is -0.0124. The Hall–Kier alpha value is -2.73. The van der Waals surface area contributed by atoms with Gasteiger partial charge in [0.2, 0.25) is 5.78 Å². The van der Waals surface area contributed by atoms with Crippen LogP contribution in [-0.2, 0) is 32.2 Å². The Balaban J connectivity index is 1.39. The fraction of sp³-hybridized carbons (Fsp3) is 0.565. The molecule has 12 nitrogen and oxygen atoms in total. The van der Waals surface area contributed by atoms with Gasteiger partial charge in [-0.05, 0) is 31.2 Å². The van der Waals surface area contributed by atoms with E-state index >= 15 is 0 Å². The van der Waals surface area contributed by atoms with Gasteiger partial charge in [-0.2, -0.15) is 13.5 Å². The molecule has 36 heavy (non-hydrogen) atoms. The molecule has 13 heteroatoms. The lowest BCUT2D eigenvalue weighted by Gasteiger charge is -2.26. The van der Waals surface area contributed by atoms with Crippen LogP contribution in [0.1, 0.15) is 47.4 Å². The normalized spacial score (nSPS) is 23.7. The highest BCUT2D eigenvalue weighted by Gasteiger charge is 2.35. The van der Waals surface area contributed by atoms with Crippen molar-refractivity contribution >= 4 is 16.1 Å². The quantitative estimate of drug-likeness (QED) is 0.307. The average molecular weight is 520 g/mol. The fourth-order valence-corrected chi connectivity index (χ4v) is 4.92. The molecule has 2 aromatic heterocycles.